The summed E-state index contributed by atoms with van der Waals surface area (Å²) in [6, 6.07) is 15.7. The molecule has 9 heteroatoms. The van der Waals surface area contributed by atoms with Crippen molar-refractivity contribution in [1.82, 2.24) is 14.7 Å². The molecule has 1 aromatic heterocycles. The van der Waals surface area contributed by atoms with E-state index in [0.29, 0.717) is 31.1 Å². The van der Waals surface area contributed by atoms with Crippen molar-refractivity contribution < 1.29 is 14.5 Å². The number of aromatic nitrogens is 2. The largest absolute Gasteiger partial charge is 0.378 e. The lowest BCUT2D eigenvalue weighted by molar-refractivity contribution is -0.384. The van der Waals surface area contributed by atoms with Crippen molar-refractivity contribution in [2.45, 2.75) is 6.54 Å². The highest BCUT2D eigenvalue weighted by Crippen LogP contribution is 2.23. The first-order valence-corrected chi connectivity index (χ1v) is 9.99. The van der Waals surface area contributed by atoms with Gasteiger partial charge >= 0.3 is 0 Å². The maximum absolute atomic E-state index is 13.0. The van der Waals surface area contributed by atoms with Crippen molar-refractivity contribution in [1.29, 1.82) is 0 Å². The van der Waals surface area contributed by atoms with E-state index in [1.165, 1.54) is 16.8 Å². The molecule has 1 fully saturated rings. The van der Waals surface area contributed by atoms with Gasteiger partial charge in [-0.25, -0.2) is 4.68 Å². The summed E-state index contributed by atoms with van der Waals surface area (Å²) in [7, 11) is 1.75. The Morgan fingerprint density at radius 2 is 1.84 bits per heavy atom. The number of morpholine rings is 1. The van der Waals surface area contributed by atoms with Crippen LogP contribution in [0.1, 0.15) is 16.1 Å². The first-order chi connectivity index (χ1) is 15.0. The van der Waals surface area contributed by atoms with Gasteiger partial charge in [0.05, 0.1) is 23.8 Å². The number of para-hydroxylation sites is 1. The van der Waals surface area contributed by atoms with Crippen LogP contribution in [-0.2, 0) is 11.3 Å². The predicted octanol–water partition coefficient (Wildman–Crippen LogP) is 2.89. The summed E-state index contributed by atoms with van der Waals surface area (Å²) < 4.78 is 6.98. The monoisotopic (exact) mass is 421 g/mol. The van der Waals surface area contributed by atoms with Crippen LogP contribution in [0.2, 0.25) is 0 Å². The third-order valence-corrected chi connectivity index (χ3v) is 5.23. The van der Waals surface area contributed by atoms with E-state index in [1.807, 2.05) is 18.2 Å². The van der Waals surface area contributed by atoms with E-state index in [1.54, 1.807) is 36.3 Å². The molecule has 160 valence electrons. The molecule has 0 radical (unpaired) electrons. The lowest BCUT2D eigenvalue weighted by atomic mass is 10.1. The molecule has 3 aromatic rings. The molecule has 4 rings (SSSR count). The predicted molar refractivity (Wildman–Crippen MR) is 115 cm³/mol. The topological polar surface area (TPSA) is 93.7 Å². The summed E-state index contributed by atoms with van der Waals surface area (Å²) >= 11 is 0. The summed E-state index contributed by atoms with van der Waals surface area (Å²) in [5.74, 6) is -0.197. The number of rotatable bonds is 6. The number of non-ortho nitro benzene ring substituents is 1. The molecule has 31 heavy (non-hydrogen) atoms. The number of nitro benzene ring substituents is 1. The minimum Gasteiger partial charge on any atom is -0.378 e. The smallest absolute Gasteiger partial charge is 0.274 e. The molecule has 0 N–H and O–H groups in total. The zero-order valence-electron chi connectivity index (χ0n) is 17.2. The van der Waals surface area contributed by atoms with Crippen LogP contribution in [0.5, 0.6) is 0 Å². The Hall–Kier alpha value is -3.72. The number of carbonyl (C=O) groups is 1. The summed E-state index contributed by atoms with van der Waals surface area (Å²) in [4.78, 5) is 27.2. The van der Waals surface area contributed by atoms with Crippen LogP contribution in [0, 0.1) is 10.1 Å². The zero-order valence-corrected chi connectivity index (χ0v) is 17.2. The molecule has 0 unspecified atom stereocenters. The minimum atomic E-state index is -0.453. The van der Waals surface area contributed by atoms with Crippen molar-refractivity contribution in [2.24, 2.45) is 0 Å². The second kappa shape index (κ2) is 8.97. The normalized spacial score (nSPS) is 13.8. The quantitative estimate of drug-likeness (QED) is 0.449. The fourth-order valence-electron chi connectivity index (χ4n) is 3.59. The van der Waals surface area contributed by atoms with Gasteiger partial charge in [-0.3, -0.25) is 14.9 Å². The molecule has 1 saturated heterocycles. The molecule has 9 nitrogen and oxygen atoms in total. The second-order valence-electron chi connectivity index (χ2n) is 7.31. The van der Waals surface area contributed by atoms with Crippen LogP contribution in [0.25, 0.3) is 5.69 Å². The number of amides is 1. The molecule has 0 aliphatic carbocycles. The number of hydrogen-bond donors (Lipinski definition) is 0. The van der Waals surface area contributed by atoms with E-state index in [4.69, 9.17) is 4.74 Å². The van der Waals surface area contributed by atoms with Crippen molar-refractivity contribution in [3.63, 3.8) is 0 Å². The van der Waals surface area contributed by atoms with Gasteiger partial charge in [0.25, 0.3) is 11.6 Å². The first-order valence-electron chi connectivity index (χ1n) is 9.99. The molecule has 0 bridgehead atoms. The van der Waals surface area contributed by atoms with Crippen molar-refractivity contribution in [3.8, 4) is 5.69 Å². The van der Waals surface area contributed by atoms with E-state index >= 15 is 0 Å². The van der Waals surface area contributed by atoms with Gasteiger partial charge in [-0.2, -0.15) is 5.10 Å². The van der Waals surface area contributed by atoms with Crippen LogP contribution >= 0.6 is 0 Å². The Bertz CT molecular complexity index is 1070. The molecule has 2 aromatic carbocycles. The van der Waals surface area contributed by atoms with E-state index in [-0.39, 0.29) is 11.6 Å². The van der Waals surface area contributed by atoms with Crippen LogP contribution in [0.4, 0.5) is 11.4 Å². The summed E-state index contributed by atoms with van der Waals surface area (Å²) in [6.45, 7) is 3.51. The minimum absolute atomic E-state index is 0.00544. The number of ether oxygens (including phenoxy) is 1. The Labute approximate surface area is 179 Å². The molecule has 0 atom stereocenters. The molecule has 0 saturated carbocycles. The molecule has 1 amide bonds. The summed E-state index contributed by atoms with van der Waals surface area (Å²) in [6.07, 6.45) is 1.67. The van der Waals surface area contributed by atoms with Crippen molar-refractivity contribution in [2.75, 3.05) is 38.3 Å². The van der Waals surface area contributed by atoms with Crippen LogP contribution in [0.3, 0.4) is 0 Å². The van der Waals surface area contributed by atoms with Crippen LogP contribution in [0.15, 0.2) is 60.8 Å². The van der Waals surface area contributed by atoms with E-state index in [2.05, 4.69) is 16.1 Å². The lowest BCUT2D eigenvalue weighted by Crippen LogP contribution is -2.37. The van der Waals surface area contributed by atoms with Gasteiger partial charge in [-0.05, 0) is 29.8 Å². The van der Waals surface area contributed by atoms with Crippen LogP contribution < -0.4 is 4.90 Å². The Kier molecular flexibility index (Phi) is 5.94. The fourth-order valence-corrected chi connectivity index (χ4v) is 3.59. The van der Waals surface area contributed by atoms with E-state index in [9.17, 15) is 14.9 Å². The van der Waals surface area contributed by atoms with Gasteiger partial charge in [0.2, 0.25) is 0 Å². The average Bonchev–Trinajstić information content (AvgIpc) is 3.30. The summed E-state index contributed by atoms with van der Waals surface area (Å²) in [5.41, 5.74) is 3.14. The molecule has 1 aliphatic heterocycles. The zero-order chi connectivity index (χ0) is 21.8. The van der Waals surface area contributed by atoms with Gasteiger partial charge in [0, 0.05) is 50.7 Å². The molecule has 0 spiro atoms. The highest BCUT2D eigenvalue weighted by atomic mass is 16.6. The number of carbonyl (C=O) groups excluding carboxylic acids is 1. The third kappa shape index (κ3) is 4.56. The molecular formula is C22H23N5O4. The SMILES string of the molecule is CN(Cc1ccccc1N1CCOCC1)C(=O)c1ccn(-c2ccc([N+](=O)[O-])cc2)n1. The van der Waals surface area contributed by atoms with Gasteiger partial charge in [-0.1, -0.05) is 18.2 Å². The van der Waals surface area contributed by atoms with Gasteiger partial charge in [0.15, 0.2) is 5.69 Å². The molecule has 1 aliphatic rings. The number of anilines is 1. The number of benzene rings is 2. The van der Waals surface area contributed by atoms with Crippen LogP contribution in [-0.4, -0.2) is 58.9 Å². The van der Waals surface area contributed by atoms with E-state index in [0.717, 1.165) is 24.3 Å². The average molecular weight is 421 g/mol. The van der Waals surface area contributed by atoms with Crippen molar-refractivity contribution in [3.05, 3.63) is 82.2 Å². The third-order valence-electron chi connectivity index (χ3n) is 5.23. The Morgan fingerprint density at radius 3 is 2.55 bits per heavy atom. The fraction of sp³-hybridized carbons (Fsp3) is 0.273. The number of nitro groups is 1. The highest BCUT2D eigenvalue weighted by molar-refractivity contribution is 5.92. The highest BCUT2D eigenvalue weighted by Gasteiger charge is 2.19. The molecule has 2 heterocycles. The Morgan fingerprint density at radius 1 is 1.13 bits per heavy atom. The van der Waals surface area contributed by atoms with Gasteiger partial charge in [-0.15, -0.1) is 0 Å². The second-order valence-corrected chi connectivity index (χ2v) is 7.31. The van der Waals surface area contributed by atoms with E-state index < -0.39 is 4.92 Å². The lowest BCUT2D eigenvalue weighted by Gasteiger charge is -2.31. The standard InChI is InChI=1S/C22H23N5O4/c1-24(16-17-4-2-3-5-21(17)25-12-14-31-15-13-25)22(28)20-10-11-26(23-20)18-6-8-19(9-7-18)27(29)30/h2-11H,12-16H2,1H3. The van der Waals surface area contributed by atoms with Crippen molar-refractivity contribution >= 4 is 17.3 Å². The maximum Gasteiger partial charge on any atom is 0.274 e. The number of nitrogens with zero attached hydrogens (tertiary/aromatic N) is 5. The van der Waals surface area contributed by atoms with Gasteiger partial charge < -0.3 is 14.5 Å². The maximum atomic E-state index is 13.0. The Balaban J connectivity index is 1.48. The van der Waals surface area contributed by atoms with Gasteiger partial charge in [0.1, 0.15) is 0 Å². The number of hydrogen-bond acceptors (Lipinski definition) is 6. The summed E-state index contributed by atoms with van der Waals surface area (Å²) in [5, 5.41) is 15.2. The molecular weight excluding hydrogens is 398 g/mol. The first kappa shape index (κ1) is 20.5.